The van der Waals surface area contributed by atoms with E-state index < -0.39 is 0 Å². The number of likely N-dealkylation sites (N-methyl/N-ethyl adjacent to an activating group) is 1. The molecule has 1 N–H and O–H groups in total. The molecule has 0 unspecified atom stereocenters. The molecule has 0 aliphatic rings. The van der Waals surface area contributed by atoms with E-state index in [0.29, 0.717) is 12.2 Å². The van der Waals surface area contributed by atoms with Gasteiger partial charge in [0.05, 0.1) is 12.6 Å². The Hall–Kier alpha value is -2.28. The number of anilines is 1. The summed E-state index contributed by atoms with van der Waals surface area (Å²) in [6, 6.07) is 5.36. The van der Waals surface area contributed by atoms with Crippen molar-refractivity contribution in [2.24, 2.45) is 0 Å². The molecule has 0 spiro atoms. The molecule has 0 bridgehead atoms. The molecule has 0 fully saturated rings. The van der Waals surface area contributed by atoms with Crippen molar-refractivity contribution in [1.82, 2.24) is 19.7 Å². The molecule has 0 aliphatic heterocycles. The highest BCUT2D eigenvalue weighted by Gasteiger charge is 2.20. The van der Waals surface area contributed by atoms with E-state index in [2.05, 4.69) is 22.4 Å². The fraction of sp³-hybridized carbons (Fsp3) is 0.438. The number of rotatable bonds is 7. The summed E-state index contributed by atoms with van der Waals surface area (Å²) in [5, 5.41) is 10.8. The number of nitrogens with one attached hydrogen (secondary N) is 1. The molecular formula is C16H22FN5O. The lowest BCUT2D eigenvalue weighted by Gasteiger charge is -2.23. The van der Waals surface area contributed by atoms with Gasteiger partial charge in [-0.3, -0.25) is 9.69 Å². The number of aromatic nitrogens is 3. The first-order chi connectivity index (χ1) is 11.0. The zero-order valence-corrected chi connectivity index (χ0v) is 13.7. The van der Waals surface area contributed by atoms with Crippen molar-refractivity contribution >= 4 is 11.6 Å². The highest BCUT2D eigenvalue weighted by atomic mass is 19.1. The van der Waals surface area contributed by atoms with Crippen LogP contribution >= 0.6 is 0 Å². The van der Waals surface area contributed by atoms with Gasteiger partial charge in [0.1, 0.15) is 18.0 Å². The molecule has 0 saturated heterocycles. The van der Waals surface area contributed by atoms with Crippen LogP contribution < -0.4 is 5.32 Å². The first-order valence-corrected chi connectivity index (χ1v) is 7.64. The predicted octanol–water partition coefficient (Wildman–Crippen LogP) is 2.29. The van der Waals surface area contributed by atoms with E-state index >= 15 is 0 Å². The van der Waals surface area contributed by atoms with Crippen molar-refractivity contribution in [2.75, 3.05) is 12.4 Å². The van der Waals surface area contributed by atoms with Gasteiger partial charge in [0.25, 0.3) is 0 Å². The molecular weight excluding hydrogens is 297 g/mol. The SMILES string of the molecule is CCCn1cnnc1CN(C)[C@H](C)C(=O)Nc1ccc(F)cc1. The lowest BCUT2D eigenvalue weighted by atomic mass is 10.2. The van der Waals surface area contributed by atoms with Gasteiger partial charge in [-0.15, -0.1) is 10.2 Å². The van der Waals surface area contributed by atoms with Crippen LogP contribution in [0.3, 0.4) is 0 Å². The van der Waals surface area contributed by atoms with E-state index in [9.17, 15) is 9.18 Å². The summed E-state index contributed by atoms with van der Waals surface area (Å²) < 4.78 is 14.9. The Morgan fingerprint density at radius 1 is 1.39 bits per heavy atom. The molecule has 7 heteroatoms. The van der Waals surface area contributed by atoms with Crippen LogP contribution in [0.2, 0.25) is 0 Å². The van der Waals surface area contributed by atoms with Gasteiger partial charge < -0.3 is 9.88 Å². The van der Waals surface area contributed by atoms with E-state index in [-0.39, 0.29) is 17.8 Å². The quantitative estimate of drug-likeness (QED) is 0.850. The van der Waals surface area contributed by atoms with Crippen molar-refractivity contribution in [3.05, 3.63) is 42.2 Å². The lowest BCUT2D eigenvalue weighted by Crippen LogP contribution is -2.39. The highest BCUT2D eigenvalue weighted by molar-refractivity contribution is 5.94. The van der Waals surface area contributed by atoms with Crippen LogP contribution in [-0.2, 0) is 17.9 Å². The van der Waals surface area contributed by atoms with Crippen molar-refractivity contribution < 1.29 is 9.18 Å². The number of hydrogen-bond donors (Lipinski definition) is 1. The molecule has 0 saturated carbocycles. The van der Waals surface area contributed by atoms with Gasteiger partial charge in [-0.25, -0.2) is 4.39 Å². The smallest absolute Gasteiger partial charge is 0.241 e. The van der Waals surface area contributed by atoms with Gasteiger partial charge >= 0.3 is 0 Å². The van der Waals surface area contributed by atoms with Crippen LogP contribution in [0.15, 0.2) is 30.6 Å². The average Bonchev–Trinajstić information content (AvgIpc) is 2.96. The minimum atomic E-state index is -0.355. The Bertz CT molecular complexity index is 640. The topological polar surface area (TPSA) is 63.1 Å². The summed E-state index contributed by atoms with van der Waals surface area (Å²) in [5.74, 6) is 0.347. The zero-order valence-electron chi connectivity index (χ0n) is 13.7. The monoisotopic (exact) mass is 319 g/mol. The third kappa shape index (κ3) is 4.59. The number of carbonyl (C=O) groups is 1. The van der Waals surface area contributed by atoms with Crippen molar-refractivity contribution in [2.45, 2.75) is 39.4 Å². The third-order valence-electron chi connectivity index (χ3n) is 3.70. The average molecular weight is 319 g/mol. The summed E-state index contributed by atoms with van der Waals surface area (Å²) in [4.78, 5) is 14.2. The van der Waals surface area contributed by atoms with Crippen LogP contribution in [0.25, 0.3) is 0 Å². The van der Waals surface area contributed by atoms with Gasteiger partial charge in [0, 0.05) is 12.2 Å². The maximum atomic E-state index is 12.9. The largest absolute Gasteiger partial charge is 0.325 e. The fourth-order valence-corrected chi connectivity index (χ4v) is 2.17. The molecule has 1 amide bonds. The maximum absolute atomic E-state index is 12.9. The second-order valence-corrected chi connectivity index (χ2v) is 5.53. The van der Waals surface area contributed by atoms with Crippen LogP contribution in [0.5, 0.6) is 0 Å². The number of hydrogen-bond acceptors (Lipinski definition) is 4. The van der Waals surface area contributed by atoms with Gasteiger partial charge in [-0.2, -0.15) is 0 Å². The molecule has 0 aliphatic carbocycles. The second-order valence-electron chi connectivity index (χ2n) is 5.53. The maximum Gasteiger partial charge on any atom is 0.241 e. The first-order valence-electron chi connectivity index (χ1n) is 7.64. The molecule has 2 rings (SSSR count). The summed E-state index contributed by atoms with van der Waals surface area (Å²) in [7, 11) is 1.86. The molecule has 6 nitrogen and oxygen atoms in total. The molecule has 1 atom stereocenters. The number of halogens is 1. The Balaban J connectivity index is 1.95. The summed E-state index contributed by atoms with van der Waals surface area (Å²) in [6.45, 7) is 5.29. The molecule has 1 aromatic heterocycles. The van der Waals surface area contributed by atoms with Gasteiger partial charge in [0.2, 0.25) is 5.91 Å². The van der Waals surface area contributed by atoms with Gasteiger partial charge in [-0.05, 0) is 44.7 Å². The van der Waals surface area contributed by atoms with E-state index in [1.54, 1.807) is 6.33 Å². The Kier molecular flexibility index (Phi) is 5.81. The van der Waals surface area contributed by atoms with Crippen molar-refractivity contribution in [1.29, 1.82) is 0 Å². The Morgan fingerprint density at radius 3 is 2.74 bits per heavy atom. The van der Waals surface area contributed by atoms with Crippen LogP contribution in [-0.4, -0.2) is 38.7 Å². The van der Waals surface area contributed by atoms with E-state index in [1.807, 2.05) is 23.4 Å². The zero-order chi connectivity index (χ0) is 16.8. The molecule has 2 aromatic rings. The molecule has 23 heavy (non-hydrogen) atoms. The standard InChI is InChI=1S/C16H22FN5O/c1-4-9-22-11-18-20-15(22)10-21(3)12(2)16(23)19-14-7-5-13(17)6-8-14/h5-8,11-12H,4,9-10H2,1-3H3,(H,19,23)/t12-/m1/s1. The Morgan fingerprint density at radius 2 is 2.09 bits per heavy atom. The normalized spacial score (nSPS) is 12.4. The Labute approximate surface area is 135 Å². The van der Waals surface area contributed by atoms with E-state index in [1.165, 1.54) is 24.3 Å². The minimum absolute atomic E-state index is 0.152. The van der Waals surface area contributed by atoms with Crippen molar-refractivity contribution in [3.63, 3.8) is 0 Å². The highest BCUT2D eigenvalue weighted by Crippen LogP contribution is 2.11. The molecule has 0 radical (unpaired) electrons. The van der Waals surface area contributed by atoms with Crippen LogP contribution in [0.4, 0.5) is 10.1 Å². The van der Waals surface area contributed by atoms with Crippen molar-refractivity contribution in [3.8, 4) is 0 Å². The summed E-state index contributed by atoms with van der Waals surface area (Å²) in [5.41, 5.74) is 0.575. The fourth-order valence-electron chi connectivity index (χ4n) is 2.17. The van der Waals surface area contributed by atoms with Crippen LogP contribution in [0.1, 0.15) is 26.1 Å². The number of aryl methyl sites for hydroxylation is 1. The lowest BCUT2D eigenvalue weighted by molar-refractivity contribution is -0.120. The predicted molar refractivity (Wildman–Crippen MR) is 86.3 cm³/mol. The number of benzene rings is 1. The van der Waals surface area contributed by atoms with Gasteiger partial charge in [-0.1, -0.05) is 6.92 Å². The summed E-state index contributed by atoms with van der Waals surface area (Å²) >= 11 is 0. The van der Waals surface area contributed by atoms with E-state index in [0.717, 1.165) is 18.8 Å². The van der Waals surface area contributed by atoms with Gasteiger partial charge in [0.15, 0.2) is 0 Å². The summed E-state index contributed by atoms with van der Waals surface area (Å²) in [6.07, 6.45) is 2.70. The molecule has 124 valence electrons. The van der Waals surface area contributed by atoms with E-state index in [4.69, 9.17) is 0 Å². The third-order valence-corrected chi connectivity index (χ3v) is 3.70. The first kappa shape index (κ1) is 17.1. The number of nitrogens with zero attached hydrogens (tertiary/aromatic N) is 4. The van der Waals surface area contributed by atoms with Crippen LogP contribution in [0, 0.1) is 5.82 Å². The number of carbonyl (C=O) groups excluding carboxylic acids is 1. The second kappa shape index (κ2) is 7.82. The minimum Gasteiger partial charge on any atom is -0.325 e. The number of amides is 1. The molecule has 1 heterocycles. The molecule has 1 aromatic carbocycles.